The molecule has 1 aliphatic carbocycles. The van der Waals surface area contributed by atoms with Gasteiger partial charge in [-0.15, -0.1) is 0 Å². The first-order valence-corrected chi connectivity index (χ1v) is 10.9. The fraction of sp³-hybridized carbons (Fsp3) is 0.375. The number of benzene rings is 2. The van der Waals surface area contributed by atoms with E-state index in [-0.39, 0.29) is 19.1 Å². The summed E-state index contributed by atoms with van der Waals surface area (Å²) in [5, 5.41) is 19.6. The second kappa shape index (κ2) is 11.2. The molecule has 0 radical (unpaired) electrons. The summed E-state index contributed by atoms with van der Waals surface area (Å²) in [5.41, 5.74) is 3.75. The van der Waals surface area contributed by atoms with Crippen LogP contribution in [0.25, 0.3) is 11.1 Å². The van der Waals surface area contributed by atoms with Gasteiger partial charge >= 0.3 is 18.2 Å². The number of aliphatic hydroxyl groups excluding tert-OH is 1. The smallest absolute Gasteiger partial charge is 0.408 e. The van der Waals surface area contributed by atoms with E-state index in [1.165, 1.54) is 0 Å². The number of hydrogen-bond donors (Lipinski definition) is 3. The predicted octanol–water partition coefficient (Wildman–Crippen LogP) is 3.14. The fourth-order valence-corrected chi connectivity index (χ4v) is 4.10. The van der Waals surface area contributed by atoms with Crippen LogP contribution < -0.4 is 5.32 Å². The number of fused-ring (bicyclic) bond motifs is 3. The molecule has 0 aromatic heterocycles. The van der Waals surface area contributed by atoms with Crippen molar-refractivity contribution in [3.63, 3.8) is 0 Å². The molecule has 35 heavy (non-hydrogen) atoms. The van der Waals surface area contributed by atoms with Crippen LogP contribution in [0.5, 0.6) is 0 Å². The number of alkyl carbamates (subject to hydrolysis) is 1. The molecule has 1 atom stereocenters. The molecule has 3 rings (SSSR count). The van der Waals surface area contributed by atoms with E-state index in [0.29, 0.717) is 0 Å². The monoisotopic (exact) mass is 494 g/mol. The molecule has 0 saturated heterocycles. The number of rotatable bonds is 10. The number of halogens is 3. The van der Waals surface area contributed by atoms with Gasteiger partial charge in [-0.1, -0.05) is 48.5 Å². The Morgan fingerprint density at radius 1 is 1.03 bits per heavy atom. The van der Waals surface area contributed by atoms with Gasteiger partial charge in [0.1, 0.15) is 19.2 Å². The largest absolute Gasteiger partial charge is 0.480 e. The van der Waals surface area contributed by atoms with E-state index in [9.17, 15) is 27.6 Å². The number of carbonyl (C=O) groups excluding carboxylic acids is 2. The first-order chi connectivity index (χ1) is 16.6. The van der Waals surface area contributed by atoms with Gasteiger partial charge in [-0.05, 0) is 28.7 Å². The molecule has 1 aliphatic rings. The first-order valence-electron chi connectivity index (χ1n) is 10.9. The van der Waals surface area contributed by atoms with E-state index in [1.54, 1.807) is 5.32 Å². The lowest BCUT2D eigenvalue weighted by Gasteiger charge is -2.24. The summed E-state index contributed by atoms with van der Waals surface area (Å²) < 4.78 is 45.6. The number of hydrogen-bond acceptors (Lipinski definition) is 5. The molecule has 0 fully saturated rings. The summed E-state index contributed by atoms with van der Waals surface area (Å²) >= 11 is 0. The second-order valence-electron chi connectivity index (χ2n) is 8.04. The third kappa shape index (κ3) is 6.50. The van der Waals surface area contributed by atoms with Crippen molar-refractivity contribution in [2.45, 2.75) is 31.0 Å². The molecule has 2 aromatic rings. The Balaban J connectivity index is 1.61. The average molecular weight is 494 g/mol. The Morgan fingerprint density at radius 3 is 2.11 bits per heavy atom. The lowest BCUT2D eigenvalue weighted by atomic mass is 9.98. The number of ether oxygens (including phenoxy) is 1. The second-order valence-corrected chi connectivity index (χ2v) is 8.04. The summed E-state index contributed by atoms with van der Waals surface area (Å²) in [4.78, 5) is 36.0. The minimum Gasteiger partial charge on any atom is -0.480 e. The summed E-state index contributed by atoms with van der Waals surface area (Å²) in [6.45, 7) is -1.80. The van der Waals surface area contributed by atoms with Crippen LogP contribution in [-0.4, -0.2) is 71.6 Å². The van der Waals surface area contributed by atoms with E-state index < -0.39 is 56.2 Å². The highest BCUT2D eigenvalue weighted by Crippen LogP contribution is 2.44. The van der Waals surface area contributed by atoms with Crippen molar-refractivity contribution in [2.24, 2.45) is 0 Å². The van der Waals surface area contributed by atoms with E-state index >= 15 is 0 Å². The van der Waals surface area contributed by atoms with Gasteiger partial charge in [0.15, 0.2) is 0 Å². The zero-order valence-electron chi connectivity index (χ0n) is 18.6. The van der Waals surface area contributed by atoms with Gasteiger partial charge in [0.05, 0.1) is 6.61 Å². The number of carboxylic acid groups (broad SMARTS) is 1. The van der Waals surface area contributed by atoms with Crippen LogP contribution in [0.3, 0.4) is 0 Å². The highest BCUT2D eigenvalue weighted by Gasteiger charge is 2.41. The number of alkyl halides is 3. The molecular formula is C24H25F3N2O6. The molecule has 8 nitrogen and oxygen atoms in total. The molecule has 0 aliphatic heterocycles. The van der Waals surface area contributed by atoms with Gasteiger partial charge in [-0.2, -0.15) is 13.2 Å². The number of amides is 2. The number of carboxylic acids is 1. The third-order valence-corrected chi connectivity index (χ3v) is 5.73. The maximum atomic E-state index is 13.5. The minimum absolute atomic E-state index is 0.174. The van der Waals surface area contributed by atoms with Crippen LogP contribution in [0.4, 0.5) is 18.0 Å². The molecule has 0 unspecified atom stereocenters. The SMILES string of the molecule is O=C(O)CN(CCO)C(=O)CC[C@H](NC(=O)OCC1c2ccccc2-c2ccccc21)C(F)(F)F. The van der Waals surface area contributed by atoms with Gasteiger partial charge < -0.3 is 25.2 Å². The highest BCUT2D eigenvalue weighted by atomic mass is 19.4. The van der Waals surface area contributed by atoms with Crippen LogP contribution in [-0.2, 0) is 14.3 Å². The Hall–Kier alpha value is -3.60. The van der Waals surface area contributed by atoms with Crippen molar-refractivity contribution in [3.05, 3.63) is 59.7 Å². The molecule has 188 valence electrons. The Kier molecular flexibility index (Phi) is 8.34. The summed E-state index contributed by atoms with van der Waals surface area (Å²) in [6.07, 6.45) is -7.63. The molecule has 3 N–H and O–H groups in total. The Labute approximate surface area is 199 Å². The van der Waals surface area contributed by atoms with Gasteiger partial charge in [0.2, 0.25) is 5.91 Å². The average Bonchev–Trinajstić information content (AvgIpc) is 3.12. The molecule has 11 heteroatoms. The van der Waals surface area contributed by atoms with Crippen molar-refractivity contribution in [3.8, 4) is 11.1 Å². The topological polar surface area (TPSA) is 116 Å². The van der Waals surface area contributed by atoms with Crippen LogP contribution in [0.15, 0.2) is 48.5 Å². The van der Waals surface area contributed by atoms with Crippen molar-refractivity contribution in [1.29, 1.82) is 0 Å². The summed E-state index contributed by atoms with van der Waals surface area (Å²) in [5.74, 6) is -2.58. The third-order valence-electron chi connectivity index (χ3n) is 5.73. The van der Waals surface area contributed by atoms with Crippen LogP contribution in [0.2, 0.25) is 0 Å². The Bertz CT molecular complexity index is 1030. The minimum atomic E-state index is -4.86. The van der Waals surface area contributed by atoms with E-state index in [1.807, 2.05) is 48.5 Å². The molecule has 0 bridgehead atoms. The van der Waals surface area contributed by atoms with Gasteiger partial charge in [-0.3, -0.25) is 9.59 Å². The standard InChI is InChI=1S/C24H25F3N2O6/c25-24(26,27)20(9-10-21(31)29(11-12-30)13-22(32)33)28-23(34)35-14-19-17-7-3-1-5-15(17)16-6-2-4-8-18(16)19/h1-8,19-20,30H,9-14H2,(H,28,34)(H,32,33)/t20-/m0/s1. The van der Waals surface area contributed by atoms with E-state index in [0.717, 1.165) is 27.2 Å². The van der Waals surface area contributed by atoms with E-state index in [2.05, 4.69) is 0 Å². The number of nitrogens with one attached hydrogen (secondary N) is 1. The normalized spacial score (nSPS) is 13.5. The van der Waals surface area contributed by atoms with Crippen molar-refractivity contribution < 1.29 is 42.5 Å². The zero-order valence-corrected chi connectivity index (χ0v) is 18.6. The summed E-state index contributed by atoms with van der Waals surface area (Å²) in [6, 6.07) is 12.6. The molecule has 0 spiro atoms. The number of nitrogens with zero attached hydrogens (tertiary/aromatic N) is 1. The van der Waals surface area contributed by atoms with Gasteiger partial charge in [-0.25, -0.2) is 4.79 Å². The van der Waals surface area contributed by atoms with Crippen LogP contribution in [0.1, 0.15) is 29.9 Å². The Morgan fingerprint density at radius 2 is 1.60 bits per heavy atom. The first kappa shape index (κ1) is 26.0. The molecular weight excluding hydrogens is 469 g/mol. The quantitative estimate of drug-likeness (QED) is 0.467. The number of carbonyl (C=O) groups is 3. The maximum absolute atomic E-state index is 13.5. The molecule has 0 heterocycles. The number of aliphatic hydroxyl groups is 1. The van der Waals surface area contributed by atoms with Crippen molar-refractivity contribution in [2.75, 3.05) is 26.3 Å². The van der Waals surface area contributed by atoms with Crippen molar-refractivity contribution in [1.82, 2.24) is 10.2 Å². The van der Waals surface area contributed by atoms with E-state index in [4.69, 9.17) is 14.9 Å². The van der Waals surface area contributed by atoms with Crippen LogP contribution in [0, 0.1) is 0 Å². The predicted molar refractivity (Wildman–Crippen MR) is 119 cm³/mol. The summed E-state index contributed by atoms with van der Waals surface area (Å²) in [7, 11) is 0. The lowest BCUT2D eigenvalue weighted by Crippen LogP contribution is -2.47. The maximum Gasteiger partial charge on any atom is 0.408 e. The van der Waals surface area contributed by atoms with Gasteiger partial charge in [0.25, 0.3) is 0 Å². The molecule has 2 amide bonds. The molecule has 0 saturated carbocycles. The zero-order chi connectivity index (χ0) is 25.6. The fourth-order valence-electron chi connectivity index (χ4n) is 4.10. The lowest BCUT2D eigenvalue weighted by molar-refractivity contribution is -0.158. The van der Waals surface area contributed by atoms with Crippen LogP contribution >= 0.6 is 0 Å². The number of aliphatic carboxylic acids is 1. The molecule has 2 aromatic carbocycles. The highest BCUT2D eigenvalue weighted by molar-refractivity contribution is 5.81. The van der Waals surface area contributed by atoms with Gasteiger partial charge in [0, 0.05) is 18.9 Å². The van der Waals surface area contributed by atoms with Crippen molar-refractivity contribution >= 4 is 18.0 Å².